The molecular formula is C17H22N4O2. The van der Waals surface area contributed by atoms with Crippen LogP contribution < -0.4 is 10.6 Å². The molecular weight excluding hydrogens is 292 g/mol. The Morgan fingerprint density at radius 2 is 2.22 bits per heavy atom. The van der Waals surface area contributed by atoms with E-state index in [0.717, 1.165) is 36.1 Å². The average Bonchev–Trinajstić information content (AvgIpc) is 3.02. The molecule has 2 atom stereocenters. The number of hydrogen-bond acceptors (Lipinski definition) is 3. The van der Waals surface area contributed by atoms with Gasteiger partial charge in [0.05, 0.1) is 12.7 Å². The van der Waals surface area contributed by atoms with Gasteiger partial charge in [0.15, 0.2) is 0 Å². The van der Waals surface area contributed by atoms with Crippen LogP contribution in [0.4, 0.5) is 4.79 Å². The number of urea groups is 1. The monoisotopic (exact) mass is 314 g/mol. The molecule has 0 spiro atoms. The van der Waals surface area contributed by atoms with Crippen LogP contribution in [0.1, 0.15) is 30.2 Å². The number of amides is 2. The molecule has 0 radical (unpaired) electrons. The van der Waals surface area contributed by atoms with Crippen LogP contribution in [0.15, 0.2) is 36.5 Å². The number of carbonyl (C=O) groups excluding carboxylic acids is 1. The number of aromatic amines is 1. The fraction of sp³-hybridized carbons (Fsp3) is 0.412. The summed E-state index contributed by atoms with van der Waals surface area (Å²) >= 11 is 0. The Morgan fingerprint density at radius 1 is 1.43 bits per heavy atom. The second-order valence-corrected chi connectivity index (χ2v) is 6.28. The fourth-order valence-electron chi connectivity index (χ4n) is 2.93. The van der Waals surface area contributed by atoms with Crippen LogP contribution in [0.25, 0.3) is 0 Å². The molecule has 3 rings (SSSR count). The maximum absolute atomic E-state index is 12.1. The molecule has 1 aliphatic rings. The average molecular weight is 314 g/mol. The molecule has 6 nitrogen and oxygen atoms in total. The summed E-state index contributed by atoms with van der Waals surface area (Å²) in [6, 6.07) is 9.18. The number of benzene rings is 1. The molecule has 0 saturated carbocycles. The second-order valence-electron chi connectivity index (χ2n) is 6.28. The van der Waals surface area contributed by atoms with E-state index in [1.807, 2.05) is 36.5 Å². The van der Waals surface area contributed by atoms with Gasteiger partial charge in [-0.1, -0.05) is 30.3 Å². The molecule has 4 N–H and O–H groups in total. The van der Waals surface area contributed by atoms with Gasteiger partial charge in [0, 0.05) is 11.7 Å². The van der Waals surface area contributed by atoms with Gasteiger partial charge in [-0.2, -0.15) is 5.10 Å². The van der Waals surface area contributed by atoms with E-state index in [4.69, 9.17) is 0 Å². The zero-order chi connectivity index (χ0) is 16.3. The van der Waals surface area contributed by atoms with E-state index in [-0.39, 0.29) is 18.6 Å². The van der Waals surface area contributed by atoms with Crippen molar-refractivity contribution >= 4 is 6.03 Å². The first-order valence-corrected chi connectivity index (χ1v) is 7.88. The minimum absolute atomic E-state index is 0.0989. The molecule has 2 aromatic rings. The van der Waals surface area contributed by atoms with Crippen molar-refractivity contribution in [2.24, 2.45) is 0 Å². The van der Waals surface area contributed by atoms with Crippen molar-refractivity contribution < 1.29 is 9.90 Å². The fourth-order valence-corrected chi connectivity index (χ4v) is 2.93. The highest BCUT2D eigenvalue weighted by atomic mass is 16.3. The molecule has 1 heterocycles. The molecule has 0 saturated heterocycles. The largest absolute Gasteiger partial charge is 0.384 e. The van der Waals surface area contributed by atoms with Crippen molar-refractivity contribution in [1.29, 1.82) is 0 Å². The van der Waals surface area contributed by atoms with Crippen LogP contribution >= 0.6 is 0 Å². The third kappa shape index (κ3) is 3.71. The smallest absolute Gasteiger partial charge is 0.315 e. The van der Waals surface area contributed by atoms with Gasteiger partial charge in [-0.15, -0.1) is 0 Å². The zero-order valence-corrected chi connectivity index (χ0v) is 13.2. The lowest BCUT2D eigenvalue weighted by atomic mass is 9.94. The number of rotatable bonds is 4. The summed E-state index contributed by atoms with van der Waals surface area (Å²) in [7, 11) is 0. The number of nitrogens with zero attached hydrogens (tertiary/aromatic N) is 1. The predicted octanol–water partition coefficient (Wildman–Crippen LogP) is 1.47. The lowest BCUT2D eigenvalue weighted by Crippen LogP contribution is -2.48. The summed E-state index contributed by atoms with van der Waals surface area (Å²) in [4.78, 5) is 12.1. The maximum atomic E-state index is 12.1. The van der Waals surface area contributed by atoms with Crippen molar-refractivity contribution in [3.63, 3.8) is 0 Å². The van der Waals surface area contributed by atoms with Crippen LogP contribution in [0.5, 0.6) is 0 Å². The number of nitrogens with one attached hydrogen (secondary N) is 3. The molecule has 1 aliphatic carbocycles. The highest BCUT2D eigenvalue weighted by Crippen LogP contribution is 2.20. The van der Waals surface area contributed by atoms with E-state index in [2.05, 4.69) is 20.8 Å². The van der Waals surface area contributed by atoms with E-state index in [9.17, 15) is 9.90 Å². The van der Waals surface area contributed by atoms with Gasteiger partial charge in [0.1, 0.15) is 5.60 Å². The van der Waals surface area contributed by atoms with E-state index in [1.54, 1.807) is 6.92 Å². The molecule has 0 bridgehead atoms. The second kappa shape index (κ2) is 6.42. The molecule has 122 valence electrons. The summed E-state index contributed by atoms with van der Waals surface area (Å²) in [5, 5.41) is 23.2. The van der Waals surface area contributed by atoms with Gasteiger partial charge in [-0.05, 0) is 37.3 Å². The van der Waals surface area contributed by atoms with Crippen LogP contribution in [-0.2, 0) is 18.4 Å². The molecule has 0 fully saturated rings. The van der Waals surface area contributed by atoms with E-state index in [0.29, 0.717) is 0 Å². The minimum atomic E-state index is -1.09. The SMILES string of the molecule is CC(O)(CNC(=O)NC1CCc2[nH]ncc2C1)c1ccccc1. The number of H-pyrrole nitrogens is 1. The minimum Gasteiger partial charge on any atom is -0.384 e. The van der Waals surface area contributed by atoms with Crippen LogP contribution in [-0.4, -0.2) is 33.9 Å². The Balaban J connectivity index is 1.50. The van der Waals surface area contributed by atoms with Gasteiger partial charge < -0.3 is 15.7 Å². The number of aryl methyl sites for hydroxylation is 1. The van der Waals surface area contributed by atoms with Gasteiger partial charge in [0.25, 0.3) is 0 Å². The van der Waals surface area contributed by atoms with Crippen LogP contribution in [0.3, 0.4) is 0 Å². The van der Waals surface area contributed by atoms with Gasteiger partial charge >= 0.3 is 6.03 Å². The zero-order valence-electron chi connectivity index (χ0n) is 13.2. The molecule has 0 aliphatic heterocycles. The normalized spacial score (nSPS) is 19.5. The van der Waals surface area contributed by atoms with E-state index in [1.165, 1.54) is 0 Å². The first kappa shape index (κ1) is 15.6. The topological polar surface area (TPSA) is 90.0 Å². The number of hydrogen-bond donors (Lipinski definition) is 4. The number of carbonyl (C=O) groups is 1. The maximum Gasteiger partial charge on any atom is 0.315 e. The van der Waals surface area contributed by atoms with E-state index < -0.39 is 5.60 Å². The Labute approximate surface area is 135 Å². The van der Waals surface area contributed by atoms with Gasteiger partial charge in [-0.25, -0.2) is 4.79 Å². The molecule has 1 aromatic heterocycles. The summed E-state index contributed by atoms with van der Waals surface area (Å²) in [5.41, 5.74) is 2.01. The quantitative estimate of drug-likeness (QED) is 0.689. The van der Waals surface area contributed by atoms with Crippen LogP contribution in [0.2, 0.25) is 0 Å². The molecule has 23 heavy (non-hydrogen) atoms. The first-order valence-electron chi connectivity index (χ1n) is 7.88. The van der Waals surface area contributed by atoms with Crippen molar-refractivity contribution in [2.45, 2.75) is 37.8 Å². The number of aromatic nitrogens is 2. The highest BCUT2D eigenvalue weighted by Gasteiger charge is 2.25. The number of fused-ring (bicyclic) bond motifs is 1. The highest BCUT2D eigenvalue weighted by molar-refractivity contribution is 5.74. The Kier molecular flexibility index (Phi) is 4.34. The summed E-state index contributed by atoms with van der Waals surface area (Å²) in [6.45, 7) is 1.85. The predicted molar refractivity (Wildman–Crippen MR) is 86.9 cm³/mol. The van der Waals surface area contributed by atoms with Crippen molar-refractivity contribution in [3.05, 3.63) is 53.3 Å². The van der Waals surface area contributed by atoms with Crippen LogP contribution in [0, 0.1) is 0 Å². The first-order chi connectivity index (χ1) is 11.0. The van der Waals surface area contributed by atoms with Crippen molar-refractivity contribution in [2.75, 3.05) is 6.54 Å². The molecule has 2 amide bonds. The summed E-state index contributed by atoms with van der Waals surface area (Å²) in [5.74, 6) is 0. The van der Waals surface area contributed by atoms with E-state index >= 15 is 0 Å². The third-order valence-electron chi connectivity index (χ3n) is 4.34. The Morgan fingerprint density at radius 3 is 3.00 bits per heavy atom. The molecule has 6 heteroatoms. The molecule has 1 aromatic carbocycles. The summed E-state index contributed by atoms with van der Waals surface area (Å²) in [6.07, 6.45) is 4.38. The Bertz CT molecular complexity index is 666. The van der Waals surface area contributed by atoms with Crippen molar-refractivity contribution in [1.82, 2.24) is 20.8 Å². The lowest BCUT2D eigenvalue weighted by molar-refractivity contribution is 0.0592. The standard InChI is InChI=1S/C17H22N4O2/c1-17(23,13-5-3-2-4-6-13)11-18-16(22)20-14-7-8-15-12(9-14)10-19-21-15/h2-6,10,14,23H,7-9,11H2,1H3,(H,19,21)(H2,18,20,22). The third-order valence-corrected chi connectivity index (χ3v) is 4.34. The Hall–Kier alpha value is -2.34. The van der Waals surface area contributed by atoms with Crippen molar-refractivity contribution in [3.8, 4) is 0 Å². The molecule has 2 unspecified atom stereocenters. The van der Waals surface area contributed by atoms with Gasteiger partial charge in [-0.3, -0.25) is 5.10 Å². The number of aliphatic hydroxyl groups is 1. The lowest BCUT2D eigenvalue weighted by Gasteiger charge is -2.26. The summed E-state index contributed by atoms with van der Waals surface area (Å²) < 4.78 is 0. The van der Waals surface area contributed by atoms with Gasteiger partial charge in [0.2, 0.25) is 0 Å².